The van der Waals surface area contributed by atoms with Crippen LogP contribution >= 0.6 is 0 Å². The third-order valence-electron chi connectivity index (χ3n) is 4.43. The van der Waals surface area contributed by atoms with E-state index in [1.165, 1.54) is 11.1 Å². The zero-order valence-corrected chi connectivity index (χ0v) is 13.4. The molecule has 0 aliphatic rings. The number of carbonyl (C=O) groups is 1. The van der Waals surface area contributed by atoms with Gasteiger partial charge in [0.25, 0.3) is 0 Å². The quantitative estimate of drug-likeness (QED) is 0.609. The van der Waals surface area contributed by atoms with Gasteiger partial charge < -0.3 is 10.3 Å². The van der Waals surface area contributed by atoms with Crippen LogP contribution < -0.4 is 5.73 Å². The van der Waals surface area contributed by atoms with Gasteiger partial charge in [0, 0.05) is 22.9 Å². The summed E-state index contributed by atoms with van der Waals surface area (Å²) < 4.78 is 2.22. The van der Waals surface area contributed by atoms with E-state index in [0.29, 0.717) is 5.56 Å². The van der Waals surface area contributed by atoms with Crippen molar-refractivity contribution >= 4 is 27.7 Å². The average molecular weight is 313 g/mol. The summed E-state index contributed by atoms with van der Waals surface area (Å²) in [6, 6.07) is 23.4. The molecule has 0 fully saturated rings. The average Bonchev–Trinajstić information content (AvgIpc) is 2.91. The fraction of sp³-hybridized carbons (Fsp3) is 0.0952. The first-order chi connectivity index (χ1) is 11.6. The molecule has 1 aromatic heterocycles. The highest BCUT2D eigenvalue weighted by Crippen LogP contribution is 2.31. The van der Waals surface area contributed by atoms with Crippen LogP contribution in [0.15, 0.2) is 60.7 Å². The lowest BCUT2D eigenvalue weighted by Crippen LogP contribution is -2.11. The number of aryl methyl sites for hydroxylation is 1. The lowest BCUT2D eigenvalue weighted by molar-refractivity contribution is 0.100. The minimum Gasteiger partial charge on any atom is -0.366 e. The molecule has 0 spiro atoms. The van der Waals surface area contributed by atoms with Crippen LogP contribution in [0.1, 0.15) is 21.5 Å². The molecule has 3 aromatic carbocycles. The van der Waals surface area contributed by atoms with Gasteiger partial charge in [-0.2, -0.15) is 0 Å². The number of rotatable bonds is 3. The number of fused-ring (bicyclic) bond motifs is 3. The molecular formula is C21H17N2O. The van der Waals surface area contributed by atoms with Gasteiger partial charge >= 0.3 is 0 Å². The molecule has 0 aliphatic heterocycles. The third-order valence-corrected chi connectivity index (χ3v) is 4.43. The standard InChI is InChI=1S/C21H17N2O/c1-14-9-11-15(12-10-14)13-23-18-7-3-2-5-16(18)20-17(21(22)24)6-4-8-19(20)23/h2-4,6-12H,13H2,1H3,(H2,22,24). The van der Waals surface area contributed by atoms with Gasteiger partial charge in [-0.25, -0.2) is 0 Å². The van der Waals surface area contributed by atoms with E-state index in [9.17, 15) is 4.79 Å². The number of hydrogen-bond donors (Lipinski definition) is 1. The summed E-state index contributed by atoms with van der Waals surface area (Å²) in [5.41, 5.74) is 10.6. The van der Waals surface area contributed by atoms with E-state index in [2.05, 4.69) is 47.9 Å². The molecule has 24 heavy (non-hydrogen) atoms. The molecule has 2 N–H and O–H groups in total. The number of nitrogens with zero attached hydrogens (tertiary/aromatic N) is 1. The Morgan fingerprint density at radius 2 is 1.79 bits per heavy atom. The van der Waals surface area contributed by atoms with Gasteiger partial charge in [-0.3, -0.25) is 4.79 Å². The lowest BCUT2D eigenvalue weighted by atomic mass is 10.1. The van der Waals surface area contributed by atoms with Gasteiger partial charge in [-0.05, 0) is 36.8 Å². The largest absolute Gasteiger partial charge is 0.366 e. The summed E-state index contributed by atoms with van der Waals surface area (Å²) in [5.74, 6) is -0.410. The zero-order chi connectivity index (χ0) is 16.7. The predicted molar refractivity (Wildman–Crippen MR) is 97.1 cm³/mol. The molecule has 0 saturated carbocycles. The smallest absolute Gasteiger partial charge is 0.249 e. The van der Waals surface area contributed by atoms with E-state index in [4.69, 9.17) is 5.73 Å². The number of amides is 1. The fourth-order valence-corrected chi connectivity index (χ4v) is 3.26. The summed E-state index contributed by atoms with van der Waals surface area (Å²) in [7, 11) is 0. The Labute approximate surface area is 140 Å². The summed E-state index contributed by atoms with van der Waals surface area (Å²) in [6.07, 6.45) is 0. The maximum atomic E-state index is 11.9. The number of nitrogens with two attached hydrogens (primary N) is 1. The molecule has 117 valence electrons. The van der Waals surface area contributed by atoms with E-state index in [-0.39, 0.29) is 0 Å². The van der Waals surface area contributed by atoms with Gasteiger partial charge in [0.15, 0.2) is 0 Å². The van der Waals surface area contributed by atoms with E-state index >= 15 is 0 Å². The highest BCUT2D eigenvalue weighted by molar-refractivity contribution is 6.17. The highest BCUT2D eigenvalue weighted by Gasteiger charge is 2.16. The molecule has 4 rings (SSSR count). The fourth-order valence-electron chi connectivity index (χ4n) is 3.26. The Bertz CT molecular complexity index is 1060. The molecule has 3 nitrogen and oxygen atoms in total. The van der Waals surface area contributed by atoms with Gasteiger partial charge in [0.2, 0.25) is 5.91 Å². The Hall–Kier alpha value is -3.07. The van der Waals surface area contributed by atoms with Crippen molar-refractivity contribution in [3.05, 3.63) is 83.4 Å². The first-order valence-corrected chi connectivity index (χ1v) is 7.92. The summed E-state index contributed by atoms with van der Waals surface area (Å²) in [5, 5.41) is 1.82. The van der Waals surface area contributed by atoms with Crippen molar-refractivity contribution < 1.29 is 4.79 Å². The molecule has 1 amide bonds. The van der Waals surface area contributed by atoms with Crippen LogP contribution in [0.5, 0.6) is 0 Å². The lowest BCUT2D eigenvalue weighted by Gasteiger charge is -2.08. The molecule has 1 radical (unpaired) electrons. The van der Waals surface area contributed by atoms with Gasteiger partial charge in [-0.15, -0.1) is 0 Å². The molecule has 0 unspecified atom stereocenters. The van der Waals surface area contributed by atoms with E-state index in [0.717, 1.165) is 28.4 Å². The van der Waals surface area contributed by atoms with Crippen LogP contribution in [0, 0.1) is 13.0 Å². The van der Waals surface area contributed by atoms with Crippen LogP contribution in [-0.4, -0.2) is 10.5 Å². The van der Waals surface area contributed by atoms with E-state index in [1.54, 1.807) is 6.07 Å². The Balaban J connectivity index is 2.01. The molecule has 0 bridgehead atoms. The second-order valence-electron chi connectivity index (χ2n) is 6.07. The first-order valence-electron chi connectivity index (χ1n) is 7.92. The van der Waals surface area contributed by atoms with Crippen molar-refractivity contribution in [1.82, 2.24) is 4.57 Å². The molecule has 3 heteroatoms. The van der Waals surface area contributed by atoms with E-state index < -0.39 is 5.91 Å². The van der Waals surface area contributed by atoms with Crippen LogP contribution in [-0.2, 0) is 6.54 Å². The van der Waals surface area contributed by atoms with Gasteiger partial charge in [0.05, 0.1) is 11.0 Å². The number of primary amides is 1. The van der Waals surface area contributed by atoms with Crippen LogP contribution in [0.2, 0.25) is 0 Å². The van der Waals surface area contributed by atoms with Gasteiger partial charge in [-0.1, -0.05) is 48.0 Å². The zero-order valence-electron chi connectivity index (χ0n) is 13.4. The highest BCUT2D eigenvalue weighted by atomic mass is 16.1. The molecule has 0 saturated heterocycles. The third kappa shape index (κ3) is 2.26. The number of benzene rings is 3. The van der Waals surface area contributed by atoms with E-state index in [1.807, 2.05) is 24.3 Å². The number of hydrogen-bond acceptors (Lipinski definition) is 1. The second-order valence-corrected chi connectivity index (χ2v) is 6.07. The van der Waals surface area contributed by atoms with Gasteiger partial charge in [0.1, 0.15) is 0 Å². The van der Waals surface area contributed by atoms with Crippen molar-refractivity contribution in [2.45, 2.75) is 13.5 Å². The topological polar surface area (TPSA) is 48.0 Å². The Kier molecular flexibility index (Phi) is 3.35. The SMILES string of the molecule is Cc1ccc(Cn2c3ccc[c]c3c3c(C(N)=O)cccc32)cc1. The summed E-state index contributed by atoms with van der Waals surface area (Å²) in [6.45, 7) is 2.82. The van der Waals surface area contributed by atoms with Crippen molar-refractivity contribution in [3.63, 3.8) is 0 Å². The Morgan fingerprint density at radius 3 is 2.54 bits per heavy atom. The van der Waals surface area contributed by atoms with Crippen molar-refractivity contribution in [2.75, 3.05) is 0 Å². The molecule has 4 aromatic rings. The van der Waals surface area contributed by atoms with Crippen molar-refractivity contribution in [3.8, 4) is 0 Å². The number of aromatic nitrogens is 1. The van der Waals surface area contributed by atoms with Crippen LogP contribution in [0.3, 0.4) is 0 Å². The van der Waals surface area contributed by atoms with Crippen LogP contribution in [0.4, 0.5) is 0 Å². The molecule has 1 heterocycles. The maximum absolute atomic E-state index is 11.9. The molecular weight excluding hydrogens is 296 g/mol. The second kappa shape index (κ2) is 5.53. The predicted octanol–water partition coefficient (Wildman–Crippen LogP) is 4.05. The monoisotopic (exact) mass is 313 g/mol. The number of carbonyl (C=O) groups excluding carboxylic acids is 1. The molecule has 0 aliphatic carbocycles. The minimum absolute atomic E-state index is 0.410. The first kappa shape index (κ1) is 14.5. The molecule has 0 atom stereocenters. The minimum atomic E-state index is -0.410. The maximum Gasteiger partial charge on any atom is 0.249 e. The van der Waals surface area contributed by atoms with Crippen LogP contribution in [0.25, 0.3) is 21.8 Å². The van der Waals surface area contributed by atoms with Crippen molar-refractivity contribution in [2.24, 2.45) is 5.73 Å². The van der Waals surface area contributed by atoms with Crippen molar-refractivity contribution in [1.29, 1.82) is 0 Å². The Morgan fingerprint density at radius 1 is 1.04 bits per heavy atom. The summed E-state index contributed by atoms with van der Waals surface area (Å²) >= 11 is 0. The summed E-state index contributed by atoms with van der Waals surface area (Å²) in [4.78, 5) is 11.9. The normalized spacial score (nSPS) is 11.2.